The lowest BCUT2D eigenvalue weighted by atomic mass is 10.2. The summed E-state index contributed by atoms with van der Waals surface area (Å²) < 4.78 is 0. The van der Waals surface area contributed by atoms with Crippen LogP contribution in [-0.4, -0.2) is 35.0 Å². The van der Waals surface area contributed by atoms with E-state index in [2.05, 4.69) is 10.3 Å². The Hall–Kier alpha value is -1.92. The van der Waals surface area contributed by atoms with Gasteiger partial charge < -0.3 is 10.6 Å². The van der Waals surface area contributed by atoms with Gasteiger partial charge in [-0.3, -0.25) is 5.32 Å². The smallest absolute Gasteiger partial charge is 0.323 e. The number of hydrogen-bond acceptors (Lipinski definition) is 4. The molecule has 0 bridgehead atoms. The SMILES string of the molecule is N[C@H]1CCN(C(=O)Nc2ncc(-c3ccccc3)s2)C1. The van der Waals surface area contributed by atoms with Gasteiger partial charge in [-0.15, -0.1) is 0 Å². The Bertz CT molecular complexity index is 598. The maximum absolute atomic E-state index is 12.0. The number of hydrogen-bond donors (Lipinski definition) is 2. The zero-order valence-electron chi connectivity index (χ0n) is 11.0. The molecule has 1 aliphatic rings. The largest absolute Gasteiger partial charge is 0.326 e. The van der Waals surface area contributed by atoms with E-state index < -0.39 is 0 Å². The summed E-state index contributed by atoms with van der Waals surface area (Å²) in [5.41, 5.74) is 6.91. The van der Waals surface area contributed by atoms with Crippen LogP contribution >= 0.6 is 11.3 Å². The molecule has 1 aromatic carbocycles. The third-order valence-corrected chi connectivity index (χ3v) is 4.25. The number of amides is 2. The normalized spacial score (nSPS) is 18.2. The molecule has 0 radical (unpaired) electrons. The van der Waals surface area contributed by atoms with Gasteiger partial charge in [0.2, 0.25) is 0 Å². The Balaban J connectivity index is 1.67. The van der Waals surface area contributed by atoms with Crippen molar-refractivity contribution in [1.82, 2.24) is 9.88 Å². The molecule has 20 heavy (non-hydrogen) atoms. The van der Waals surface area contributed by atoms with Gasteiger partial charge in [0.05, 0.1) is 4.88 Å². The molecule has 3 rings (SSSR count). The Kier molecular flexibility index (Phi) is 3.66. The van der Waals surface area contributed by atoms with E-state index in [0.29, 0.717) is 18.2 Å². The highest BCUT2D eigenvalue weighted by Crippen LogP contribution is 2.28. The van der Waals surface area contributed by atoms with Gasteiger partial charge >= 0.3 is 6.03 Å². The Labute approximate surface area is 121 Å². The molecule has 1 aliphatic heterocycles. The van der Waals surface area contributed by atoms with Crippen molar-refractivity contribution in [2.75, 3.05) is 18.4 Å². The predicted molar refractivity (Wildman–Crippen MR) is 80.7 cm³/mol. The van der Waals surface area contributed by atoms with Gasteiger partial charge in [-0.1, -0.05) is 41.7 Å². The van der Waals surface area contributed by atoms with E-state index in [1.807, 2.05) is 30.3 Å². The van der Waals surface area contributed by atoms with Crippen LogP contribution in [-0.2, 0) is 0 Å². The van der Waals surface area contributed by atoms with Gasteiger partial charge in [0, 0.05) is 25.3 Å². The Morgan fingerprint density at radius 2 is 2.20 bits per heavy atom. The van der Waals surface area contributed by atoms with Crippen molar-refractivity contribution >= 4 is 22.5 Å². The standard InChI is InChI=1S/C14H16N4OS/c15-11-6-7-18(9-11)14(19)17-13-16-8-12(20-13)10-4-2-1-3-5-10/h1-5,8,11H,6-7,9,15H2,(H,16,17,19)/t11-/m0/s1. The minimum atomic E-state index is -0.119. The van der Waals surface area contributed by atoms with E-state index in [9.17, 15) is 4.79 Å². The number of urea groups is 1. The summed E-state index contributed by atoms with van der Waals surface area (Å²) in [6.07, 6.45) is 2.64. The summed E-state index contributed by atoms with van der Waals surface area (Å²) in [5, 5.41) is 3.45. The zero-order chi connectivity index (χ0) is 13.9. The summed E-state index contributed by atoms with van der Waals surface area (Å²) >= 11 is 1.47. The van der Waals surface area contributed by atoms with Gasteiger partial charge in [0.1, 0.15) is 0 Å². The van der Waals surface area contributed by atoms with Crippen LogP contribution in [0.15, 0.2) is 36.5 Å². The fraction of sp³-hybridized carbons (Fsp3) is 0.286. The van der Waals surface area contributed by atoms with E-state index in [0.717, 1.165) is 16.9 Å². The fourth-order valence-corrected chi connectivity index (χ4v) is 3.02. The number of nitrogens with zero attached hydrogens (tertiary/aromatic N) is 2. The van der Waals surface area contributed by atoms with Gasteiger partial charge in [0.25, 0.3) is 0 Å². The van der Waals surface area contributed by atoms with Crippen molar-refractivity contribution in [3.63, 3.8) is 0 Å². The molecule has 5 nitrogen and oxygen atoms in total. The van der Waals surface area contributed by atoms with Gasteiger partial charge in [-0.2, -0.15) is 0 Å². The average Bonchev–Trinajstić information content (AvgIpc) is 3.09. The van der Waals surface area contributed by atoms with E-state index in [-0.39, 0.29) is 12.1 Å². The van der Waals surface area contributed by atoms with Crippen LogP contribution in [0.25, 0.3) is 10.4 Å². The number of anilines is 1. The number of carbonyl (C=O) groups excluding carboxylic acids is 1. The highest BCUT2D eigenvalue weighted by Gasteiger charge is 2.24. The molecule has 104 valence electrons. The molecule has 0 saturated carbocycles. The van der Waals surface area contributed by atoms with Crippen LogP contribution in [0.1, 0.15) is 6.42 Å². The van der Waals surface area contributed by atoms with Gasteiger partial charge in [0.15, 0.2) is 5.13 Å². The molecule has 1 fully saturated rings. The number of aromatic nitrogens is 1. The molecule has 2 heterocycles. The number of nitrogens with one attached hydrogen (secondary N) is 1. The quantitative estimate of drug-likeness (QED) is 0.891. The maximum Gasteiger partial charge on any atom is 0.323 e. The van der Waals surface area contributed by atoms with Crippen molar-refractivity contribution in [2.45, 2.75) is 12.5 Å². The number of carbonyl (C=O) groups is 1. The molecule has 6 heteroatoms. The number of likely N-dealkylation sites (tertiary alicyclic amines) is 1. The van der Waals surface area contributed by atoms with E-state index in [1.54, 1.807) is 11.1 Å². The first-order chi connectivity index (χ1) is 9.72. The Morgan fingerprint density at radius 1 is 1.40 bits per heavy atom. The van der Waals surface area contributed by atoms with Crippen molar-refractivity contribution in [3.05, 3.63) is 36.5 Å². The molecule has 0 spiro atoms. The molecule has 2 aromatic rings. The van der Waals surface area contributed by atoms with Gasteiger partial charge in [-0.25, -0.2) is 9.78 Å². The molecule has 1 atom stereocenters. The maximum atomic E-state index is 12.0. The average molecular weight is 288 g/mol. The molecular formula is C14H16N4OS. The summed E-state index contributed by atoms with van der Waals surface area (Å²) in [6.45, 7) is 1.33. The molecular weight excluding hydrogens is 272 g/mol. The molecule has 0 unspecified atom stereocenters. The van der Waals surface area contributed by atoms with Crippen molar-refractivity contribution < 1.29 is 4.79 Å². The zero-order valence-corrected chi connectivity index (χ0v) is 11.8. The second-order valence-corrected chi connectivity index (χ2v) is 5.85. The summed E-state index contributed by atoms with van der Waals surface area (Å²) in [7, 11) is 0. The number of thiazole rings is 1. The Morgan fingerprint density at radius 3 is 2.90 bits per heavy atom. The lowest BCUT2D eigenvalue weighted by Crippen LogP contribution is -2.35. The molecule has 3 N–H and O–H groups in total. The summed E-state index contributed by atoms with van der Waals surface area (Å²) in [5.74, 6) is 0. The topological polar surface area (TPSA) is 71.2 Å². The molecule has 2 amide bonds. The van der Waals surface area contributed by atoms with E-state index in [1.165, 1.54) is 11.3 Å². The molecule has 1 aromatic heterocycles. The van der Waals surface area contributed by atoms with Crippen LogP contribution < -0.4 is 11.1 Å². The van der Waals surface area contributed by atoms with Crippen LogP contribution in [0, 0.1) is 0 Å². The first-order valence-electron chi connectivity index (χ1n) is 6.55. The predicted octanol–water partition coefficient (Wildman–Crippen LogP) is 2.38. The van der Waals surface area contributed by atoms with Crippen LogP contribution in [0.2, 0.25) is 0 Å². The van der Waals surface area contributed by atoms with Crippen LogP contribution in [0.4, 0.5) is 9.93 Å². The first-order valence-corrected chi connectivity index (χ1v) is 7.37. The van der Waals surface area contributed by atoms with Crippen molar-refractivity contribution in [3.8, 4) is 10.4 Å². The minimum absolute atomic E-state index is 0.0944. The lowest BCUT2D eigenvalue weighted by Gasteiger charge is -2.15. The second-order valence-electron chi connectivity index (χ2n) is 4.82. The van der Waals surface area contributed by atoms with Crippen LogP contribution in [0.3, 0.4) is 0 Å². The molecule has 0 aliphatic carbocycles. The van der Waals surface area contributed by atoms with Gasteiger partial charge in [-0.05, 0) is 12.0 Å². The third-order valence-electron chi connectivity index (χ3n) is 3.29. The van der Waals surface area contributed by atoms with E-state index >= 15 is 0 Å². The number of nitrogens with two attached hydrogens (primary N) is 1. The number of benzene rings is 1. The third kappa shape index (κ3) is 2.81. The summed E-state index contributed by atoms with van der Waals surface area (Å²) in [6, 6.07) is 9.97. The highest BCUT2D eigenvalue weighted by molar-refractivity contribution is 7.19. The second kappa shape index (κ2) is 5.60. The monoisotopic (exact) mass is 288 g/mol. The lowest BCUT2D eigenvalue weighted by molar-refractivity contribution is 0.222. The first kappa shape index (κ1) is 13.1. The van der Waals surface area contributed by atoms with Crippen molar-refractivity contribution in [1.29, 1.82) is 0 Å². The van der Waals surface area contributed by atoms with Crippen molar-refractivity contribution in [2.24, 2.45) is 5.73 Å². The van der Waals surface area contributed by atoms with Crippen LogP contribution in [0.5, 0.6) is 0 Å². The highest BCUT2D eigenvalue weighted by atomic mass is 32.1. The molecule has 1 saturated heterocycles. The number of rotatable bonds is 2. The fourth-order valence-electron chi connectivity index (χ4n) is 2.21. The minimum Gasteiger partial charge on any atom is -0.326 e. The van der Waals surface area contributed by atoms with E-state index in [4.69, 9.17) is 5.73 Å². The summed E-state index contributed by atoms with van der Waals surface area (Å²) in [4.78, 5) is 19.1.